The van der Waals surface area contributed by atoms with E-state index in [0.717, 1.165) is 24.5 Å². The number of hydrogen-bond donors (Lipinski definition) is 2. The summed E-state index contributed by atoms with van der Waals surface area (Å²) in [7, 11) is 0. The molecule has 2 aromatic heterocycles. The summed E-state index contributed by atoms with van der Waals surface area (Å²) in [6.07, 6.45) is -2.81. The van der Waals surface area contributed by atoms with E-state index in [2.05, 4.69) is 9.97 Å². The van der Waals surface area contributed by atoms with Crippen molar-refractivity contribution in [1.29, 1.82) is 0 Å². The molecule has 2 N–H and O–H groups in total. The molecule has 0 aliphatic rings. The van der Waals surface area contributed by atoms with E-state index in [1.54, 1.807) is 0 Å². The molecule has 33 heavy (non-hydrogen) atoms. The molecule has 0 bridgehead atoms. The average Bonchev–Trinajstić information content (AvgIpc) is 2.76. The number of hydrogen-bond acceptors (Lipinski definition) is 5. The Hall–Kier alpha value is -2.88. The minimum atomic E-state index is -5.03. The highest BCUT2D eigenvalue weighted by Crippen LogP contribution is 2.50. The van der Waals surface area contributed by atoms with Crippen molar-refractivity contribution in [1.82, 2.24) is 9.97 Å². The van der Waals surface area contributed by atoms with Gasteiger partial charge in [0, 0.05) is 29.4 Å². The van der Waals surface area contributed by atoms with Crippen molar-refractivity contribution < 1.29 is 32.9 Å². The van der Waals surface area contributed by atoms with E-state index >= 15 is 0 Å². The van der Waals surface area contributed by atoms with Crippen LogP contribution in [0.15, 0.2) is 54.9 Å². The molecule has 0 radical (unpaired) electrons. The highest BCUT2D eigenvalue weighted by molar-refractivity contribution is 6.31. The molecule has 3 rings (SSSR count). The van der Waals surface area contributed by atoms with Crippen LogP contribution in [0.1, 0.15) is 39.9 Å². The van der Waals surface area contributed by atoms with Crippen LogP contribution in [0.25, 0.3) is 0 Å². The number of carboxylic acid groups (broad SMARTS) is 1. The van der Waals surface area contributed by atoms with Gasteiger partial charge in [0.15, 0.2) is 5.60 Å². The first-order chi connectivity index (χ1) is 15.4. The summed E-state index contributed by atoms with van der Waals surface area (Å²) in [6.45, 7) is 1.20. The second-order valence-corrected chi connectivity index (χ2v) is 7.98. The van der Waals surface area contributed by atoms with Crippen molar-refractivity contribution >= 4 is 29.2 Å². The number of benzene rings is 1. The van der Waals surface area contributed by atoms with Gasteiger partial charge >= 0.3 is 12.1 Å². The molecule has 2 heterocycles. The zero-order valence-electron chi connectivity index (χ0n) is 17.0. The summed E-state index contributed by atoms with van der Waals surface area (Å²) < 4.78 is 47.6. The number of nitrogens with zero attached hydrogens (tertiary/aromatic N) is 2. The summed E-state index contributed by atoms with van der Waals surface area (Å²) in [6, 6.07) is 9.04. The number of halogens is 5. The van der Waals surface area contributed by atoms with Crippen LogP contribution in [0, 0.1) is 0 Å². The van der Waals surface area contributed by atoms with Crippen LogP contribution in [0.4, 0.5) is 13.2 Å². The molecule has 0 aliphatic heterocycles. The molecule has 0 unspecified atom stereocenters. The fourth-order valence-electron chi connectivity index (χ4n) is 3.28. The van der Waals surface area contributed by atoms with Gasteiger partial charge in [-0.1, -0.05) is 42.3 Å². The number of alkyl halides is 3. The summed E-state index contributed by atoms with van der Waals surface area (Å²) in [4.78, 5) is 18.4. The maximum Gasteiger partial charge on any atom is 0.422 e. The van der Waals surface area contributed by atoms with Crippen LogP contribution < -0.4 is 4.74 Å². The molecular formula is C22H17Cl2F3N2O4. The predicted octanol–water partition coefficient (Wildman–Crippen LogP) is 5.61. The number of aromatic carboxylic acids is 1. The lowest BCUT2D eigenvalue weighted by atomic mass is 9.78. The molecule has 0 spiro atoms. The second-order valence-electron chi connectivity index (χ2n) is 7.19. The van der Waals surface area contributed by atoms with E-state index in [0.29, 0.717) is 5.56 Å². The molecule has 174 valence electrons. The van der Waals surface area contributed by atoms with Gasteiger partial charge in [-0.15, -0.1) is 0 Å². The molecule has 3 aromatic rings. The Balaban J connectivity index is 1.84. The maximum absolute atomic E-state index is 14.0. The smallest absolute Gasteiger partial charge is 0.422 e. The van der Waals surface area contributed by atoms with Crippen molar-refractivity contribution in [3.05, 3.63) is 87.3 Å². The normalized spacial score (nSPS) is 14.4. The minimum absolute atomic E-state index is 0.000567. The number of rotatable bonds is 7. The highest BCUT2D eigenvalue weighted by atomic mass is 35.5. The number of carboxylic acids is 1. The first-order valence-corrected chi connectivity index (χ1v) is 10.2. The molecule has 6 nitrogen and oxygen atoms in total. The predicted molar refractivity (Wildman–Crippen MR) is 115 cm³/mol. The van der Waals surface area contributed by atoms with Crippen LogP contribution in [-0.4, -0.2) is 32.3 Å². The van der Waals surface area contributed by atoms with Gasteiger partial charge in [0.25, 0.3) is 0 Å². The lowest BCUT2D eigenvalue weighted by Crippen LogP contribution is -2.46. The first-order valence-electron chi connectivity index (χ1n) is 9.45. The molecule has 0 amide bonds. The van der Waals surface area contributed by atoms with Crippen LogP contribution in [0.2, 0.25) is 10.2 Å². The molecule has 2 atom stereocenters. The van der Waals surface area contributed by atoms with Gasteiger partial charge in [-0.05, 0) is 41.0 Å². The molecule has 0 fully saturated rings. The molecular weight excluding hydrogens is 484 g/mol. The Morgan fingerprint density at radius 3 is 2.39 bits per heavy atom. The largest absolute Gasteiger partial charge is 0.478 e. The number of pyridine rings is 2. The summed E-state index contributed by atoms with van der Waals surface area (Å²) in [5, 5.41) is 19.5. The molecule has 0 saturated heterocycles. The average molecular weight is 501 g/mol. The van der Waals surface area contributed by atoms with Gasteiger partial charge in [-0.2, -0.15) is 13.2 Å². The number of aliphatic hydroxyl groups is 1. The third-order valence-corrected chi connectivity index (χ3v) is 5.66. The van der Waals surface area contributed by atoms with Gasteiger partial charge in [-0.25, -0.2) is 14.8 Å². The third kappa shape index (κ3) is 5.21. The Morgan fingerprint density at radius 1 is 1.12 bits per heavy atom. The Kier molecular flexibility index (Phi) is 7.16. The van der Waals surface area contributed by atoms with Crippen LogP contribution >= 0.6 is 23.2 Å². The zero-order chi connectivity index (χ0) is 24.4. The van der Waals surface area contributed by atoms with Crippen molar-refractivity contribution in [2.45, 2.75) is 31.2 Å². The third-order valence-electron chi connectivity index (χ3n) is 5.13. The van der Waals surface area contributed by atoms with Gasteiger partial charge in [0.05, 0.1) is 5.56 Å². The van der Waals surface area contributed by atoms with Gasteiger partial charge in [0.2, 0.25) is 5.88 Å². The van der Waals surface area contributed by atoms with E-state index in [-0.39, 0.29) is 33.8 Å². The summed E-state index contributed by atoms with van der Waals surface area (Å²) in [5.41, 5.74) is -3.13. The Morgan fingerprint density at radius 2 is 1.85 bits per heavy atom. The minimum Gasteiger partial charge on any atom is -0.478 e. The van der Waals surface area contributed by atoms with Gasteiger partial charge in [-0.3, -0.25) is 0 Å². The maximum atomic E-state index is 14.0. The lowest BCUT2D eigenvalue weighted by molar-refractivity contribution is -0.274. The summed E-state index contributed by atoms with van der Waals surface area (Å²) >= 11 is 12.0. The van der Waals surface area contributed by atoms with E-state index < -0.39 is 29.2 Å². The quantitative estimate of drug-likeness (QED) is 0.409. The lowest BCUT2D eigenvalue weighted by Gasteiger charge is -2.37. The van der Waals surface area contributed by atoms with Crippen molar-refractivity contribution in [2.75, 3.05) is 0 Å². The first kappa shape index (κ1) is 24.8. The van der Waals surface area contributed by atoms with Crippen molar-refractivity contribution in [2.24, 2.45) is 0 Å². The fraction of sp³-hybridized carbons (Fsp3) is 0.227. The zero-order valence-corrected chi connectivity index (χ0v) is 18.5. The topological polar surface area (TPSA) is 92.5 Å². The van der Waals surface area contributed by atoms with Crippen LogP contribution in [0.5, 0.6) is 5.88 Å². The van der Waals surface area contributed by atoms with Crippen LogP contribution in [0.3, 0.4) is 0 Å². The standard InChI is InChI=1S/C22H17Cl2F3N2O4/c1-12(21(32,22(25,26)27)15-6-7-28-18(24)9-15)16-4-2-13(8-17(16)23)11-33-19-5-3-14(10-29-19)20(30)31/h2-10,12,32H,11H2,1H3,(H,30,31)/t12-,21-/m1/s1. The van der Waals surface area contributed by atoms with E-state index in [4.69, 9.17) is 33.0 Å². The number of ether oxygens (including phenoxy) is 1. The molecule has 11 heteroatoms. The number of carbonyl (C=O) groups is 1. The fourth-order valence-corrected chi connectivity index (χ4v) is 3.83. The molecule has 1 aromatic carbocycles. The monoisotopic (exact) mass is 500 g/mol. The SMILES string of the molecule is C[C@H](c1ccc(COc2ccc(C(=O)O)cn2)cc1Cl)[C@@](O)(c1ccnc(Cl)c1)C(F)(F)F. The van der Waals surface area contributed by atoms with Crippen LogP contribution in [-0.2, 0) is 12.2 Å². The van der Waals surface area contributed by atoms with E-state index in [9.17, 15) is 23.1 Å². The number of aromatic nitrogens is 2. The van der Waals surface area contributed by atoms with Gasteiger partial charge in [0.1, 0.15) is 11.8 Å². The van der Waals surface area contributed by atoms with Crippen molar-refractivity contribution in [3.63, 3.8) is 0 Å². The highest BCUT2D eigenvalue weighted by Gasteiger charge is 2.59. The second kappa shape index (κ2) is 9.54. The summed E-state index contributed by atoms with van der Waals surface area (Å²) in [5.74, 6) is -2.45. The van der Waals surface area contributed by atoms with Crippen molar-refractivity contribution in [3.8, 4) is 5.88 Å². The molecule has 0 aliphatic carbocycles. The Labute approximate surface area is 196 Å². The Bertz CT molecular complexity index is 1160. The van der Waals surface area contributed by atoms with E-state index in [1.165, 1.54) is 37.3 Å². The van der Waals surface area contributed by atoms with E-state index in [1.807, 2.05) is 0 Å². The molecule has 0 saturated carbocycles. The van der Waals surface area contributed by atoms with Gasteiger partial charge < -0.3 is 14.9 Å².